The first-order chi connectivity index (χ1) is 14.0. The Kier molecular flexibility index (Phi) is 5.60. The van der Waals surface area contributed by atoms with Gasteiger partial charge in [0.1, 0.15) is 24.7 Å². The lowest BCUT2D eigenvalue weighted by Gasteiger charge is -2.17. The van der Waals surface area contributed by atoms with Gasteiger partial charge in [0.25, 0.3) is 0 Å². The molecule has 4 rings (SSSR count). The van der Waals surface area contributed by atoms with Crippen LogP contribution in [0.1, 0.15) is 27.3 Å². The summed E-state index contributed by atoms with van der Waals surface area (Å²) < 4.78 is 25.0. The average molecular weight is 397 g/mol. The predicted molar refractivity (Wildman–Crippen MR) is 107 cm³/mol. The van der Waals surface area contributed by atoms with Gasteiger partial charge in [0.05, 0.1) is 23.7 Å². The van der Waals surface area contributed by atoms with Crippen molar-refractivity contribution in [2.24, 2.45) is 0 Å². The van der Waals surface area contributed by atoms with Gasteiger partial charge in [-0.15, -0.1) is 0 Å². The molecule has 2 heterocycles. The fraction of sp³-hybridized carbons (Fsp3) is 0.364. The number of carbonyl (C=O) groups excluding carboxylic acids is 1. The van der Waals surface area contributed by atoms with Crippen LogP contribution in [0.4, 0.5) is 4.39 Å². The van der Waals surface area contributed by atoms with Gasteiger partial charge >= 0.3 is 5.97 Å². The molecule has 0 aliphatic carbocycles. The molecule has 3 aromatic rings. The van der Waals surface area contributed by atoms with E-state index in [0.29, 0.717) is 31.0 Å². The number of esters is 1. The Morgan fingerprint density at radius 2 is 2.10 bits per heavy atom. The molecule has 0 spiro atoms. The minimum atomic E-state index is -1.03. The van der Waals surface area contributed by atoms with Crippen LogP contribution in [-0.4, -0.2) is 53.3 Å². The number of carbonyl (C=O) groups is 1. The normalized spacial score (nSPS) is 19.7. The molecule has 7 heteroatoms. The van der Waals surface area contributed by atoms with Crippen molar-refractivity contribution in [1.29, 1.82) is 0 Å². The van der Waals surface area contributed by atoms with E-state index < -0.39 is 18.2 Å². The number of imidazole rings is 1. The Morgan fingerprint density at radius 3 is 2.90 bits per heavy atom. The molecule has 0 bridgehead atoms. The highest BCUT2D eigenvalue weighted by Crippen LogP contribution is 2.22. The molecule has 1 aromatic heterocycles. The van der Waals surface area contributed by atoms with Crippen molar-refractivity contribution in [1.82, 2.24) is 14.9 Å². The Morgan fingerprint density at radius 1 is 1.28 bits per heavy atom. The number of aromatic nitrogens is 2. The van der Waals surface area contributed by atoms with Gasteiger partial charge in [0, 0.05) is 19.6 Å². The average Bonchev–Trinajstić information content (AvgIpc) is 3.29. The van der Waals surface area contributed by atoms with Crippen LogP contribution in [0, 0.1) is 6.92 Å². The summed E-state index contributed by atoms with van der Waals surface area (Å²) in [6, 6.07) is 13.3. The zero-order valence-corrected chi connectivity index (χ0v) is 16.5. The summed E-state index contributed by atoms with van der Waals surface area (Å²) in [6.45, 7) is 3.88. The zero-order chi connectivity index (χ0) is 20.4. The molecule has 1 aliphatic rings. The minimum Gasteiger partial charge on any atom is -0.465 e. The molecular formula is C22H24FN3O3. The number of rotatable bonds is 6. The van der Waals surface area contributed by atoms with E-state index in [-0.39, 0.29) is 6.61 Å². The standard InChI is InChI=1S/C22H24FN3O3/c1-14-5-3-4-6-16(14)10-26-11-17(23)20(12-26)29-13-21-24-18-8-7-15(22(27)28-2)9-19(18)25-21/h3-9,17,20H,10-13H2,1-2H3,(H,24,25). The summed E-state index contributed by atoms with van der Waals surface area (Å²) in [7, 11) is 1.34. The molecule has 29 heavy (non-hydrogen) atoms. The van der Waals surface area contributed by atoms with Gasteiger partial charge in [-0.05, 0) is 36.2 Å². The third-order valence-corrected chi connectivity index (χ3v) is 5.32. The summed E-state index contributed by atoms with van der Waals surface area (Å²) >= 11 is 0. The van der Waals surface area contributed by atoms with E-state index >= 15 is 0 Å². The van der Waals surface area contributed by atoms with Crippen molar-refractivity contribution in [3.05, 3.63) is 65.0 Å². The van der Waals surface area contributed by atoms with E-state index in [1.54, 1.807) is 18.2 Å². The molecule has 0 radical (unpaired) electrons. The molecule has 1 aliphatic heterocycles. The molecule has 0 saturated carbocycles. The third-order valence-electron chi connectivity index (χ3n) is 5.32. The quantitative estimate of drug-likeness (QED) is 0.646. The van der Waals surface area contributed by atoms with Crippen LogP contribution >= 0.6 is 0 Å². The number of hydrogen-bond donors (Lipinski definition) is 1. The van der Waals surface area contributed by atoms with Crippen molar-refractivity contribution in [2.75, 3.05) is 20.2 Å². The number of ether oxygens (including phenoxy) is 2. The smallest absolute Gasteiger partial charge is 0.337 e. The molecular weight excluding hydrogens is 373 g/mol. The maximum Gasteiger partial charge on any atom is 0.337 e. The van der Waals surface area contributed by atoms with Crippen LogP contribution in [0.25, 0.3) is 11.0 Å². The van der Waals surface area contributed by atoms with Gasteiger partial charge in [-0.2, -0.15) is 0 Å². The van der Waals surface area contributed by atoms with Gasteiger partial charge < -0.3 is 14.5 Å². The Balaban J connectivity index is 1.37. The molecule has 152 valence electrons. The Bertz CT molecular complexity index is 1020. The van der Waals surface area contributed by atoms with Crippen LogP contribution in [0.3, 0.4) is 0 Å². The summed E-state index contributed by atoms with van der Waals surface area (Å²) in [5.41, 5.74) is 4.30. The lowest BCUT2D eigenvalue weighted by atomic mass is 10.1. The SMILES string of the molecule is COC(=O)c1ccc2nc(COC3CN(Cc4ccccc4C)CC3F)[nH]c2c1. The fourth-order valence-electron chi connectivity index (χ4n) is 3.68. The zero-order valence-electron chi connectivity index (χ0n) is 16.5. The second kappa shape index (κ2) is 8.31. The molecule has 2 unspecified atom stereocenters. The topological polar surface area (TPSA) is 67.5 Å². The van der Waals surface area contributed by atoms with Gasteiger partial charge in [-0.1, -0.05) is 24.3 Å². The number of H-pyrrole nitrogens is 1. The first-order valence-corrected chi connectivity index (χ1v) is 9.63. The van der Waals surface area contributed by atoms with Crippen LogP contribution in [0.15, 0.2) is 42.5 Å². The van der Waals surface area contributed by atoms with E-state index in [0.717, 1.165) is 11.0 Å². The summed E-state index contributed by atoms with van der Waals surface area (Å²) in [4.78, 5) is 21.3. The number of aromatic amines is 1. The molecule has 0 amide bonds. The largest absolute Gasteiger partial charge is 0.465 e. The first kappa shape index (κ1) is 19.5. The second-order valence-electron chi connectivity index (χ2n) is 7.39. The molecule has 2 atom stereocenters. The molecule has 2 aromatic carbocycles. The number of nitrogens with zero attached hydrogens (tertiary/aromatic N) is 2. The number of alkyl halides is 1. The fourth-order valence-corrected chi connectivity index (χ4v) is 3.68. The van der Waals surface area contributed by atoms with Crippen LogP contribution < -0.4 is 0 Å². The van der Waals surface area contributed by atoms with E-state index in [1.165, 1.54) is 18.2 Å². The van der Waals surface area contributed by atoms with Crippen molar-refractivity contribution < 1.29 is 18.7 Å². The third kappa shape index (κ3) is 4.31. The molecule has 1 fully saturated rings. The number of benzene rings is 2. The van der Waals surface area contributed by atoms with E-state index in [9.17, 15) is 9.18 Å². The van der Waals surface area contributed by atoms with Crippen molar-refractivity contribution >= 4 is 17.0 Å². The lowest BCUT2D eigenvalue weighted by molar-refractivity contribution is 0.00863. The number of aryl methyl sites for hydroxylation is 1. The maximum atomic E-state index is 14.5. The second-order valence-corrected chi connectivity index (χ2v) is 7.39. The number of halogens is 1. The van der Waals surface area contributed by atoms with Crippen LogP contribution in [0.2, 0.25) is 0 Å². The molecule has 6 nitrogen and oxygen atoms in total. The lowest BCUT2D eigenvalue weighted by Crippen LogP contribution is -2.24. The van der Waals surface area contributed by atoms with Crippen molar-refractivity contribution in [2.45, 2.75) is 32.4 Å². The number of methoxy groups -OCH3 is 1. The molecule has 1 N–H and O–H groups in total. The van der Waals surface area contributed by atoms with Gasteiger partial charge in [-0.25, -0.2) is 14.2 Å². The maximum absolute atomic E-state index is 14.5. The van der Waals surface area contributed by atoms with E-state index in [1.807, 2.05) is 12.1 Å². The minimum absolute atomic E-state index is 0.186. The summed E-state index contributed by atoms with van der Waals surface area (Å²) in [5, 5.41) is 0. The van der Waals surface area contributed by atoms with E-state index in [4.69, 9.17) is 9.47 Å². The number of likely N-dealkylation sites (tertiary alicyclic amines) is 1. The van der Waals surface area contributed by atoms with Gasteiger partial charge in [-0.3, -0.25) is 4.90 Å². The Hall–Kier alpha value is -2.77. The highest BCUT2D eigenvalue weighted by atomic mass is 19.1. The van der Waals surface area contributed by atoms with E-state index in [2.05, 4.69) is 33.9 Å². The van der Waals surface area contributed by atoms with Gasteiger partial charge in [0.2, 0.25) is 0 Å². The highest BCUT2D eigenvalue weighted by molar-refractivity contribution is 5.93. The Labute approximate surface area is 168 Å². The molecule has 1 saturated heterocycles. The summed E-state index contributed by atoms with van der Waals surface area (Å²) in [5.74, 6) is 0.200. The highest BCUT2D eigenvalue weighted by Gasteiger charge is 2.33. The van der Waals surface area contributed by atoms with Crippen molar-refractivity contribution in [3.8, 4) is 0 Å². The number of nitrogens with one attached hydrogen (secondary N) is 1. The van der Waals surface area contributed by atoms with Crippen molar-refractivity contribution in [3.63, 3.8) is 0 Å². The monoisotopic (exact) mass is 397 g/mol. The van der Waals surface area contributed by atoms with Crippen LogP contribution in [0.5, 0.6) is 0 Å². The van der Waals surface area contributed by atoms with Crippen LogP contribution in [-0.2, 0) is 22.6 Å². The first-order valence-electron chi connectivity index (χ1n) is 9.63. The van der Waals surface area contributed by atoms with Gasteiger partial charge in [0.15, 0.2) is 0 Å². The summed E-state index contributed by atoms with van der Waals surface area (Å²) in [6.07, 6.45) is -1.52. The predicted octanol–water partition coefficient (Wildman–Crippen LogP) is 3.40. The number of hydrogen-bond acceptors (Lipinski definition) is 5. The number of fused-ring (bicyclic) bond motifs is 1.